The van der Waals surface area contributed by atoms with Crippen LogP contribution in [0.3, 0.4) is 0 Å². The Bertz CT molecular complexity index is 1820. The Kier molecular flexibility index (Phi) is 3.90. The molecule has 0 atom stereocenters. The van der Waals surface area contributed by atoms with Gasteiger partial charge >= 0.3 is 0 Å². The Morgan fingerprint density at radius 1 is 0.545 bits per heavy atom. The van der Waals surface area contributed by atoms with Crippen LogP contribution in [0.4, 0.5) is 0 Å². The molecule has 0 saturated carbocycles. The molecule has 0 aliphatic carbocycles. The van der Waals surface area contributed by atoms with Crippen LogP contribution in [0.15, 0.2) is 108 Å². The quantitative estimate of drug-likeness (QED) is 0.290. The van der Waals surface area contributed by atoms with Gasteiger partial charge in [0, 0.05) is 25.6 Å². The van der Waals surface area contributed by atoms with Crippen LogP contribution in [-0.4, -0.2) is 5.11 Å². The highest BCUT2D eigenvalue weighted by Crippen LogP contribution is 2.45. The molecule has 0 bridgehead atoms. The summed E-state index contributed by atoms with van der Waals surface area (Å²) in [6.45, 7) is 0. The highest BCUT2D eigenvalue weighted by Gasteiger charge is 2.17. The third-order valence-corrected chi connectivity index (χ3v) is 7.47. The van der Waals surface area contributed by atoms with Crippen LogP contribution in [0.5, 0.6) is 5.75 Å². The number of fused-ring (bicyclic) bond motifs is 6. The van der Waals surface area contributed by atoms with Crippen LogP contribution in [0.2, 0.25) is 0 Å². The molecular weight excluding hydrogens is 424 g/mol. The molecule has 2 nitrogen and oxygen atoms in total. The first-order chi connectivity index (χ1) is 16.3. The number of para-hydroxylation sites is 1. The fourth-order valence-corrected chi connectivity index (χ4v) is 6.04. The first-order valence-electron chi connectivity index (χ1n) is 10.9. The van der Waals surface area contributed by atoms with Crippen molar-refractivity contribution in [2.75, 3.05) is 0 Å². The fraction of sp³-hybridized carbons (Fsp3) is 0. The van der Waals surface area contributed by atoms with Crippen LogP contribution < -0.4 is 0 Å². The summed E-state index contributed by atoms with van der Waals surface area (Å²) in [7, 11) is 0. The van der Waals surface area contributed by atoms with E-state index < -0.39 is 0 Å². The first kappa shape index (κ1) is 18.5. The molecule has 0 saturated heterocycles. The predicted molar refractivity (Wildman–Crippen MR) is 139 cm³/mol. The van der Waals surface area contributed by atoms with Crippen molar-refractivity contribution in [2.45, 2.75) is 0 Å². The van der Waals surface area contributed by atoms with Gasteiger partial charge in [-0.3, -0.25) is 0 Å². The molecule has 0 amide bonds. The standard InChI is InChI=1S/C30H18O2S/c31-24-15-20(16-26-30(24)21-10-4-6-12-25(21)32-26)23-14-19(18-8-2-1-3-9-18)17-28-29(23)22-11-5-7-13-27(22)33-28/h1-17,31H. The molecule has 7 aromatic rings. The van der Waals surface area contributed by atoms with Gasteiger partial charge in [-0.25, -0.2) is 0 Å². The lowest BCUT2D eigenvalue weighted by Crippen LogP contribution is -1.84. The normalized spacial score (nSPS) is 11.8. The molecule has 2 heterocycles. The fourth-order valence-electron chi connectivity index (χ4n) is 4.87. The van der Waals surface area contributed by atoms with Crippen LogP contribution in [-0.2, 0) is 0 Å². The molecule has 33 heavy (non-hydrogen) atoms. The van der Waals surface area contributed by atoms with Crippen LogP contribution in [0.25, 0.3) is 64.4 Å². The second-order valence-corrected chi connectivity index (χ2v) is 9.41. The Morgan fingerprint density at radius 3 is 2.18 bits per heavy atom. The van der Waals surface area contributed by atoms with Crippen molar-refractivity contribution in [1.29, 1.82) is 0 Å². The zero-order chi connectivity index (χ0) is 21.9. The second kappa shape index (κ2) is 6.96. The number of aromatic hydroxyl groups is 1. The minimum Gasteiger partial charge on any atom is -0.507 e. The van der Waals surface area contributed by atoms with Gasteiger partial charge in [0.05, 0.1) is 5.39 Å². The maximum atomic E-state index is 11.1. The highest BCUT2D eigenvalue weighted by atomic mass is 32.1. The van der Waals surface area contributed by atoms with Crippen molar-refractivity contribution in [3.63, 3.8) is 0 Å². The number of thiophene rings is 1. The monoisotopic (exact) mass is 442 g/mol. The number of rotatable bonds is 2. The topological polar surface area (TPSA) is 33.4 Å². The molecule has 0 aliphatic rings. The van der Waals surface area contributed by atoms with Gasteiger partial charge in [-0.05, 0) is 58.7 Å². The summed E-state index contributed by atoms with van der Waals surface area (Å²) in [5.41, 5.74) is 5.86. The Labute approximate surface area is 194 Å². The molecule has 0 aliphatic heterocycles. The molecule has 0 radical (unpaired) electrons. The maximum absolute atomic E-state index is 11.1. The Balaban J connectivity index is 1.59. The van der Waals surface area contributed by atoms with Gasteiger partial charge in [-0.15, -0.1) is 11.3 Å². The number of hydrogen-bond acceptors (Lipinski definition) is 3. The number of phenols is 1. The van der Waals surface area contributed by atoms with E-state index in [1.807, 2.05) is 36.4 Å². The minimum atomic E-state index is 0.241. The van der Waals surface area contributed by atoms with E-state index in [0.717, 1.165) is 33.0 Å². The molecule has 7 rings (SSSR count). The third kappa shape index (κ3) is 2.80. The molecule has 0 fully saturated rings. The van der Waals surface area contributed by atoms with Gasteiger partial charge in [-0.1, -0.05) is 66.7 Å². The van der Waals surface area contributed by atoms with Gasteiger partial charge in [0.25, 0.3) is 0 Å². The van der Waals surface area contributed by atoms with Crippen molar-refractivity contribution < 1.29 is 9.52 Å². The van der Waals surface area contributed by atoms with E-state index >= 15 is 0 Å². The smallest absolute Gasteiger partial charge is 0.139 e. The van der Waals surface area contributed by atoms with Gasteiger partial charge in [0.1, 0.15) is 16.9 Å². The van der Waals surface area contributed by atoms with Gasteiger partial charge in [0.15, 0.2) is 0 Å². The average molecular weight is 443 g/mol. The molecule has 5 aromatic carbocycles. The number of benzene rings is 5. The highest BCUT2D eigenvalue weighted by molar-refractivity contribution is 7.26. The second-order valence-electron chi connectivity index (χ2n) is 8.33. The van der Waals surface area contributed by atoms with E-state index in [2.05, 4.69) is 66.7 Å². The zero-order valence-corrected chi connectivity index (χ0v) is 18.4. The Hall–Kier alpha value is -4.08. The predicted octanol–water partition coefficient (Wildman–Crippen LogP) is 8.99. The summed E-state index contributed by atoms with van der Waals surface area (Å²) in [5, 5.41) is 15.2. The summed E-state index contributed by atoms with van der Waals surface area (Å²) in [5.74, 6) is 0.241. The number of phenolic OH excluding ortho intramolecular Hbond substituents is 1. The van der Waals surface area contributed by atoms with E-state index in [9.17, 15) is 5.11 Å². The summed E-state index contributed by atoms with van der Waals surface area (Å²) >= 11 is 1.81. The van der Waals surface area contributed by atoms with E-state index in [-0.39, 0.29) is 5.75 Å². The first-order valence-corrected chi connectivity index (χ1v) is 11.7. The number of furan rings is 1. The van der Waals surface area contributed by atoms with Crippen molar-refractivity contribution >= 4 is 53.4 Å². The summed E-state index contributed by atoms with van der Waals surface area (Å²) in [6.07, 6.45) is 0. The van der Waals surface area contributed by atoms with E-state index in [4.69, 9.17) is 4.42 Å². The summed E-state index contributed by atoms with van der Waals surface area (Å²) in [6, 6.07) is 35.3. The SMILES string of the molecule is Oc1cc(-c2cc(-c3ccccc3)cc3sc4ccccc4c23)cc2oc3ccccc3c12. The van der Waals surface area contributed by atoms with Gasteiger partial charge in [0.2, 0.25) is 0 Å². The van der Waals surface area contributed by atoms with Crippen LogP contribution in [0.1, 0.15) is 0 Å². The molecule has 3 heteroatoms. The lowest BCUT2D eigenvalue weighted by atomic mass is 9.94. The third-order valence-electron chi connectivity index (χ3n) is 6.35. The molecule has 156 valence electrons. The van der Waals surface area contributed by atoms with Crippen molar-refractivity contribution in [2.24, 2.45) is 0 Å². The van der Waals surface area contributed by atoms with E-state index in [1.54, 1.807) is 11.3 Å². The Morgan fingerprint density at radius 2 is 1.30 bits per heavy atom. The lowest BCUT2D eigenvalue weighted by Gasteiger charge is -2.10. The molecule has 0 unspecified atom stereocenters. The molecule has 0 spiro atoms. The van der Waals surface area contributed by atoms with Crippen LogP contribution >= 0.6 is 11.3 Å². The van der Waals surface area contributed by atoms with Crippen molar-refractivity contribution in [3.8, 4) is 28.0 Å². The van der Waals surface area contributed by atoms with Gasteiger partial charge in [-0.2, -0.15) is 0 Å². The molecular formula is C30H18O2S. The molecule has 1 N–H and O–H groups in total. The zero-order valence-electron chi connectivity index (χ0n) is 17.6. The molecule has 2 aromatic heterocycles. The lowest BCUT2D eigenvalue weighted by molar-refractivity contribution is 0.482. The maximum Gasteiger partial charge on any atom is 0.139 e. The van der Waals surface area contributed by atoms with Crippen LogP contribution in [0, 0.1) is 0 Å². The van der Waals surface area contributed by atoms with E-state index in [1.165, 1.54) is 25.7 Å². The van der Waals surface area contributed by atoms with E-state index in [0.29, 0.717) is 5.58 Å². The largest absolute Gasteiger partial charge is 0.507 e. The van der Waals surface area contributed by atoms with Gasteiger partial charge < -0.3 is 9.52 Å². The summed E-state index contributed by atoms with van der Waals surface area (Å²) in [4.78, 5) is 0. The summed E-state index contributed by atoms with van der Waals surface area (Å²) < 4.78 is 8.62. The number of hydrogen-bond donors (Lipinski definition) is 1. The van der Waals surface area contributed by atoms with Crippen molar-refractivity contribution in [1.82, 2.24) is 0 Å². The van der Waals surface area contributed by atoms with Crippen molar-refractivity contribution in [3.05, 3.63) is 103 Å². The average Bonchev–Trinajstić information content (AvgIpc) is 3.42. The minimum absolute atomic E-state index is 0.241.